The van der Waals surface area contributed by atoms with Crippen LogP contribution in [0.3, 0.4) is 0 Å². The topological polar surface area (TPSA) is 41.5 Å². The Morgan fingerprint density at radius 3 is 2.71 bits per heavy atom. The number of hydrogen-bond donors (Lipinski definition) is 2. The van der Waals surface area contributed by atoms with Gasteiger partial charge in [0.1, 0.15) is 0 Å². The summed E-state index contributed by atoms with van der Waals surface area (Å²) in [4.78, 5) is 0. The Hall–Kier alpha value is -1.13. The summed E-state index contributed by atoms with van der Waals surface area (Å²) in [7, 11) is 0. The van der Waals surface area contributed by atoms with Crippen molar-refractivity contribution in [3.05, 3.63) is 29.6 Å². The molecule has 0 bridgehead atoms. The molecule has 0 amide bonds. The van der Waals surface area contributed by atoms with E-state index in [2.05, 4.69) is 19.2 Å². The molecule has 0 saturated heterocycles. The van der Waals surface area contributed by atoms with E-state index in [4.69, 9.17) is 4.74 Å². The molecule has 1 aromatic carbocycles. The van der Waals surface area contributed by atoms with Crippen molar-refractivity contribution in [2.75, 3.05) is 19.8 Å². The zero-order chi connectivity index (χ0) is 15.7. The highest BCUT2D eigenvalue weighted by molar-refractivity contribution is 5.29. The molecule has 4 heteroatoms. The molecule has 1 atom stereocenters. The largest absolute Gasteiger partial charge is 0.491 e. The molecule has 0 radical (unpaired) electrons. The third-order valence-electron chi connectivity index (χ3n) is 3.94. The zero-order valence-corrected chi connectivity index (χ0v) is 13.4. The van der Waals surface area contributed by atoms with Crippen molar-refractivity contribution in [3.63, 3.8) is 0 Å². The van der Waals surface area contributed by atoms with Crippen LogP contribution in [-0.4, -0.2) is 30.4 Å². The fourth-order valence-corrected chi connectivity index (χ4v) is 2.35. The molecule has 1 aromatic rings. The van der Waals surface area contributed by atoms with Gasteiger partial charge in [0.05, 0.1) is 13.2 Å². The van der Waals surface area contributed by atoms with E-state index in [0.29, 0.717) is 17.9 Å². The first-order valence-electron chi connectivity index (χ1n) is 7.82. The van der Waals surface area contributed by atoms with Crippen molar-refractivity contribution < 1.29 is 14.2 Å². The van der Waals surface area contributed by atoms with Gasteiger partial charge in [-0.1, -0.05) is 26.0 Å². The predicted molar refractivity (Wildman–Crippen MR) is 84.3 cm³/mol. The Morgan fingerprint density at radius 2 is 2.10 bits per heavy atom. The molecule has 3 nitrogen and oxygen atoms in total. The molecule has 21 heavy (non-hydrogen) atoms. The Morgan fingerprint density at radius 1 is 1.33 bits per heavy atom. The normalized spacial score (nSPS) is 14.0. The van der Waals surface area contributed by atoms with Crippen molar-refractivity contribution in [1.29, 1.82) is 0 Å². The van der Waals surface area contributed by atoms with Gasteiger partial charge >= 0.3 is 0 Å². The molecule has 0 aliphatic carbocycles. The lowest BCUT2D eigenvalue weighted by Crippen LogP contribution is -2.48. The van der Waals surface area contributed by atoms with E-state index in [0.717, 1.165) is 32.2 Å². The number of nitrogens with one attached hydrogen (secondary N) is 1. The van der Waals surface area contributed by atoms with Gasteiger partial charge in [-0.25, -0.2) is 4.39 Å². The average Bonchev–Trinajstić information content (AvgIpc) is 2.51. The minimum absolute atomic E-state index is 0.113. The Labute approximate surface area is 127 Å². The van der Waals surface area contributed by atoms with Gasteiger partial charge < -0.3 is 15.2 Å². The second-order valence-electron chi connectivity index (χ2n) is 5.56. The van der Waals surface area contributed by atoms with Gasteiger partial charge in [-0.15, -0.1) is 0 Å². The fourth-order valence-electron chi connectivity index (χ4n) is 2.35. The minimum atomic E-state index is -0.287. The second kappa shape index (κ2) is 9.00. The fraction of sp³-hybridized carbons (Fsp3) is 0.647. The highest BCUT2D eigenvalue weighted by atomic mass is 19.1. The Balaban J connectivity index is 2.45. The van der Waals surface area contributed by atoms with Crippen LogP contribution in [0.2, 0.25) is 0 Å². The molecule has 0 aromatic heterocycles. The minimum Gasteiger partial charge on any atom is -0.491 e. The van der Waals surface area contributed by atoms with Crippen LogP contribution in [-0.2, 0) is 0 Å². The van der Waals surface area contributed by atoms with Crippen molar-refractivity contribution in [1.82, 2.24) is 5.32 Å². The van der Waals surface area contributed by atoms with Crippen molar-refractivity contribution in [2.24, 2.45) is 0 Å². The van der Waals surface area contributed by atoms with Gasteiger partial charge in [0.2, 0.25) is 0 Å². The maximum Gasteiger partial charge on any atom is 0.167 e. The molecular weight excluding hydrogens is 269 g/mol. The molecule has 0 aliphatic heterocycles. The Kier molecular flexibility index (Phi) is 7.68. The summed E-state index contributed by atoms with van der Waals surface area (Å²) in [6, 6.07) is 5.17. The summed E-state index contributed by atoms with van der Waals surface area (Å²) in [5, 5.41) is 13.1. The lowest BCUT2D eigenvalue weighted by atomic mass is 9.91. The summed E-state index contributed by atoms with van der Waals surface area (Å²) < 4.78 is 19.3. The van der Waals surface area contributed by atoms with E-state index in [1.54, 1.807) is 25.1 Å². The number of benzene rings is 1. The molecule has 0 fully saturated rings. The van der Waals surface area contributed by atoms with Crippen LogP contribution >= 0.6 is 0 Å². The Bertz CT molecular complexity index is 419. The van der Waals surface area contributed by atoms with E-state index >= 15 is 0 Å². The number of rotatable bonds is 10. The molecule has 0 spiro atoms. The van der Waals surface area contributed by atoms with Gasteiger partial charge in [-0.3, -0.25) is 0 Å². The SMILES string of the molecule is CCCNC(CC)(CO)CCCOc1cccc(C)c1F. The molecule has 2 N–H and O–H groups in total. The van der Waals surface area contributed by atoms with Gasteiger partial charge in [-0.2, -0.15) is 0 Å². The molecular formula is C17H28FNO2. The number of aryl methyl sites for hydroxylation is 1. The van der Waals surface area contributed by atoms with E-state index in [9.17, 15) is 9.50 Å². The third kappa shape index (κ3) is 5.29. The smallest absolute Gasteiger partial charge is 0.167 e. The first-order valence-corrected chi connectivity index (χ1v) is 7.82. The maximum atomic E-state index is 13.8. The van der Waals surface area contributed by atoms with Gasteiger partial charge in [0.25, 0.3) is 0 Å². The standard InChI is InChI=1S/C17H28FNO2/c1-4-11-19-17(5-2,13-20)10-7-12-21-15-9-6-8-14(3)16(15)18/h6,8-9,19-20H,4-5,7,10-13H2,1-3H3. The van der Waals surface area contributed by atoms with Gasteiger partial charge in [-0.05, 0) is 50.8 Å². The van der Waals surface area contributed by atoms with Crippen molar-refractivity contribution in [2.45, 2.75) is 52.0 Å². The zero-order valence-electron chi connectivity index (χ0n) is 13.4. The molecule has 1 rings (SSSR count). The van der Waals surface area contributed by atoms with E-state index in [-0.39, 0.29) is 18.0 Å². The number of aliphatic hydroxyl groups excluding tert-OH is 1. The van der Waals surface area contributed by atoms with Crippen LogP contribution < -0.4 is 10.1 Å². The van der Waals surface area contributed by atoms with Crippen molar-refractivity contribution >= 4 is 0 Å². The highest BCUT2D eigenvalue weighted by Crippen LogP contribution is 2.21. The van der Waals surface area contributed by atoms with E-state index in [1.807, 2.05) is 0 Å². The van der Waals surface area contributed by atoms with Crippen LogP contribution in [0, 0.1) is 12.7 Å². The summed E-state index contributed by atoms with van der Waals surface area (Å²) in [6.45, 7) is 7.36. The highest BCUT2D eigenvalue weighted by Gasteiger charge is 2.25. The lowest BCUT2D eigenvalue weighted by molar-refractivity contribution is 0.137. The first kappa shape index (κ1) is 17.9. The van der Waals surface area contributed by atoms with Crippen molar-refractivity contribution in [3.8, 4) is 5.75 Å². The van der Waals surface area contributed by atoms with Crippen LogP contribution in [0.5, 0.6) is 5.75 Å². The van der Waals surface area contributed by atoms with Crippen LogP contribution in [0.4, 0.5) is 4.39 Å². The molecule has 120 valence electrons. The number of halogens is 1. The molecule has 0 saturated carbocycles. The monoisotopic (exact) mass is 297 g/mol. The maximum absolute atomic E-state index is 13.8. The number of ether oxygens (including phenoxy) is 1. The molecule has 0 heterocycles. The average molecular weight is 297 g/mol. The van der Waals surface area contributed by atoms with Gasteiger partial charge in [0, 0.05) is 5.54 Å². The third-order valence-corrected chi connectivity index (χ3v) is 3.94. The van der Waals surface area contributed by atoms with Gasteiger partial charge in [0.15, 0.2) is 11.6 Å². The lowest BCUT2D eigenvalue weighted by Gasteiger charge is -2.32. The summed E-state index contributed by atoms with van der Waals surface area (Å²) in [5.41, 5.74) is 0.347. The molecule has 0 aliphatic rings. The predicted octanol–water partition coefficient (Wildman–Crippen LogP) is 3.43. The molecule has 1 unspecified atom stereocenters. The second-order valence-corrected chi connectivity index (χ2v) is 5.56. The van der Waals surface area contributed by atoms with Crippen LogP contribution in [0.25, 0.3) is 0 Å². The summed E-state index contributed by atoms with van der Waals surface area (Å²) in [5.74, 6) is 0.0214. The van der Waals surface area contributed by atoms with Crippen LogP contribution in [0.15, 0.2) is 18.2 Å². The van der Waals surface area contributed by atoms with E-state index in [1.165, 1.54) is 0 Å². The first-order chi connectivity index (χ1) is 10.1. The summed E-state index contributed by atoms with van der Waals surface area (Å²) >= 11 is 0. The number of aliphatic hydroxyl groups is 1. The number of hydrogen-bond acceptors (Lipinski definition) is 3. The van der Waals surface area contributed by atoms with Crippen LogP contribution in [0.1, 0.15) is 45.1 Å². The quantitative estimate of drug-likeness (QED) is 0.650. The summed E-state index contributed by atoms with van der Waals surface area (Å²) in [6.07, 6.45) is 3.49. The van der Waals surface area contributed by atoms with E-state index < -0.39 is 0 Å².